The molecule has 6 heteroatoms. The van der Waals surface area contributed by atoms with E-state index in [1.54, 1.807) is 24.3 Å². The highest BCUT2D eigenvalue weighted by Crippen LogP contribution is 2.34. The van der Waals surface area contributed by atoms with E-state index in [4.69, 9.17) is 4.74 Å². The Bertz CT molecular complexity index is 823. The summed E-state index contributed by atoms with van der Waals surface area (Å²) in [7, 11) is -3.82. The molecule has 24 heavy (non-hydrogen) atoms. The highest BCUT2D eigenvalue weighted by molar-refractivity contribution is 7.92. The van der Waals surface area contributed by atoms with Gasteiger partial charge >= 0.3 is 0 Å². The number of rotatable bonds is 5. The molecule has 0 aliphatic rings. The number of aromatic hydroxyl groups is 1. The Labute approximate surface area is 143 Å². The third-order valence-corrected chi connectivity index (χ3v) is 4.88. The van der Waals surface area contributed by atoms with E-state index in [0.29, 0.717) is 12.4 Å². The lowest BCUT2D eigenvalue weighted by Crippen LogP contribution is -2.17. The van der Waals surface area contributed by atoms with Crippen LogP contribution in [0.5, 0.6) is 11.5 Å². The molecule has 0 aromatic heterocycles. The van der Waals surface area contributed by atoms with Gasteiger partial charge < -0.3 is 9.84 Å². The lowest BCUT2D eigenvalue weighted by atomic mass is 9.86. The fraction of sp³-hybridized carbons (Fsp3) is 0.333. The quantitative estimate of drug-likeness (QED) is 0.803. The summed E-state index contributed by atoms with van der Waals surface area (Å²) in [5, 5.41) is 9.77. The van der Waals surface area contributed by atoms with Crippen molar-refractivity contribution in [1.82, 2.24) is 0 Å². The van der Waals surface area contributed by atoms with Crippen molar-refractivity contribution >= 4 is 15.7 Å². The molecule has 0 unspecified atom stereocenters. The Balaban J connectivity index is 2.46. The molecular formula is C18H23NO4S. The molecular weight excluding hydrogens is 326 g/mol. The Kier molecular flexibility index (Phi) is 5.08. The maximum atomic E-state index is 12.6. The van der Waals surface area contributed by atoms with E-state index in [0.717, 1.165) is 5.56 Å². The first kappa shape index (κ1) is 18.1. The van der Waals surface area contributed by atoms with Crippen molar-refractivity contribution in [3.63, 3.8) is 0 Å². The van der Waals surface area contributed by atoms with Crippen molar-refractivity contribution in [2.24, 2.45) is 0 Å². The molecule has 0 aliphatic heterocycles. The molecule has 5 nitrogen and oxygen atoms in total. The summed E-state index contributed by atoms with van der Waals surface area (Å²) in [4.78, 5) is 0.124. The number of ether oxygens (including phenoxy) is 1. The summed E-state index contributed by atoms with van der Waals surface area (Å²) >= 11 is 0. The van der Waals surface area contributed by atoms with Gasteiger partial charge in [-0.15, -0.1) is 0 Å². The summed E-state index contributed by atoms with van der Waals surface area (Å²) in [6.45, 7) is 8.38. The van der Waals surface area contributed by atoms with Gasteiger partial charge in [-0.25, -0.2) is 8.42 Å². The molecule has 0 amide bonds. The number of hydrogen-bond donors (Lipinski definition) is 2. The third-order valence-electron chi connectivity index (χ3n) is 3.52. The van der Waals surface area contributed by atoms with E-state index in [2.05, 4.69) is 4.72 Å². The van der Waals surface area contributed by atoms with Gasteiger partial charge in [0.2, 0.25) is 0 Å². The molecule has 2 rings (SSSR count). The predicted molar refractivity (Wildman–Crippen MR) is 95.2 cm³/mol. The van der Waals surface area contributed by atoms with Crippen LogP contribution in [-0.4, -0.2) is 20.1 Å². The van der Waals surface area contributed by atoms with Crippen molar-refractivity contribution in [2.75, 3.05) is 11.3 Å². The Morgan fingerprint density at radius 3 is 2.38 bits per heavy atom. The molecule has 2 N–H and O–H groups in total. The maximum absolute atomic E-state index is 12.6. The van der Waals surface area contributed by atoms with E-state index >= 15 is 0 Å². The predicted octanol–water partition coefficient (Wildman–Crippen LogP) is 3.89. The van der Waals surface area contributed by atoms with Crippen LogP contribution in [0, 0.1) is 0 Å². The second-order valence-electron chi connectivity index (χ2n) is 6.46. The van der Waals surface area contributed by atoms with Gasteiger partial charge in [0, 0.05) is 5.56 Å². The van der Waals surface area contributed by atoms with Gasteiger partial charge in [-0.1, -0.05) is 32.9 Å². The highest BCUT2D eigenvalue weighted by Gasteiger charge is 2.23. The molecule has 0 saturated carbocycles. The van der Waals surface area contributed by atoms with E-state index in [9.17, 15) is 13.5 Å². The second kappa shape index (κ2) is 6.73. The monoisotopic (exact) mass is 349 g/mol. The zero-order valence-electron chi connectivity index (χ0n) is 14.3. The van der Waals surface area contributed by atoms with Crippen LogP contribution in [0.3, 0.4) is 0 Å². The van der Waals surface area contributed by atoms with Crippen LogP contribution < -0.4 is 9.46 Å². The van der Waals surface area contributed by atoms with E-state index in [1.807, 2.05) is 27.7 Å². The summed E-state index contributed by atoms with van der Waals surface area (Å²) in [6, 6.07) is 11.0. The van der Waals surface area contributed by atoms with Gasteiger partial charge in [-0.3, -0.25) is 4.72 Å². The number of hydrogen-bond acceptors (Lipinski definition) is 4. The van der Waals surface area contributed by atoms with Gasteiger partial charge in [-0.05, 0) is 42.7 Å². The van der Waals surface area contributed by atoms with Crippen LogP contribution in [0.4, 0.5) is 5.69 Å². The largest absolute Gasteiger partial charge is 0.506 e. The molecule has 2 aromatic rings. The maximum Gasteiger partial charge on any atom is 0.262 e. The fourth-order valence-electron chi connectivity index (χ4n) is 2.31. The average Bonchev–Trinajstić information content (AvgIpc) is 2.49. The average molecular weight is 349 g/mol. The first-order valence-electron chi connectivity index (χ1n) is 7.73. The Hall–Kier alpha value is -2.21. The highest BCUT2D eigenvalue weighted by atomic mass is 32.2. The van der Waals surface area contributed by atoms with Crippen LogP contribution >= 0.6 is 0 Å². The van der Waals surface area contributed by atoms with E-state index < -0.39 is 10.0 Å². The second-order valence-corrected chi connectivity index (χ2v) is 8.15. The molecule has 2 aromatic carbocycles. The fourth-order valence-corrected chi connectivity index (χ4v) is 3.41. The van der Waals surface area contributed by atoms with Gasteiger partial charge in [0.05, 0.1) is 17.2 Å². The zero-order valence-corrected chi connectivity index (χ0v) is 15.1. The standard InChI is InChI=1S/C18H23NO4S/c1-5-23-17-11-10-13(12-14(17)18(2,3)4)24(21,22)19-15-8-6-7-9-16(15)20/h6-12,19-20H,5H2,1-4H3. The number of sulfonamides is 1. The molecule has 0 heterocycles. The molecule has 0 bridgehead atoms. The summed E-state index contributed by atoms with van der Waals surface area (Å²) in [5.74, 6) is 0.551. The minimum atomic E-state index is -3.82. The minimum absolute atomic E-state index is 0.122. The van der Waals surface area contributed by atoms with Crippen molar-refractivity contribution in [3.8, 4) is 11.5 Å². The molecule has 0 radical (unpaired) electrons. The molecule has 0 aliphatic carbocycles. The van der Waals surface area contributed by atoms with E-state index in [1.165, 1.54) is 18.2 Å². The Morgan fingerprint density at radius 2 is 1.79 bits per heavy atom. The van der Waals surface area contributed by atoms with Crippen LogP contribution in [-0.2, 0) is 15.4 Å². The summed E-state index contributed by atoms with van der Waals surface area (Å²) < 4.78 is 33.3. The van der Waals surface area contributed by atoms with Crippen molar-refractivity contribution in [2.45, 2.75) is 38.0 Å². The summed E-state index contributed by atoms with van der Waals surface area (Å²) in [6.07, 6.45) is 0. The van der Waals surface area contributed by atoms with Crippen molar-refractivity contribution in [3.05, 3.63) is 48.0 Å². The van der Waals surface area contributed by atoms with Crippen molar-refractivity contribution in [1.29, 1.82) is 0 Å². The first-order chi connectivity index (χ1) is 11.1. The smallest absolute Gasteiger partial charge is 0.262 e. The topological polar surface area (TPSA) is 75.6 Å². The molecule has 130 valence electrons. The van der Waals surface area contributed by atoms with Gasteiger partial charge in [-0.2, -0.15) is 0 Å². The third kappa shape index (κ3) is 4.00. The number of phenols is 1. The number of phenolic OH excluding ortho intramolecular Hbond substituents is 1. The first-order valence-corrected chi connectivity index (χ1v) is 9.21. The van der Waals surface area contributed by atoms with Gasteiger partial charge in [0.1, 0.15) is 11.5 Å². The van der Waals surface area contributed by atoms with Crippen LogP contribution in [0.25, 0.3) is 0 Å². The van der Waals surface area contributed by atoms with Crippen LogP contribution in [0.2, 0.25) is 0 Å². The lowest BCUT2D eigenvalue weighted by Gasteiger charge is -2.23. The summed E-state index contributed by atoms with van der Waals surface area (Å²) in [5.41, 5.74) is 0.679. The van der Waals surface area contributed by atoms with Gasteiger partial charge in [0.15, 0.2) is 0 Å². The van der Waals surface area contributed by atoms with Gasteiger partial charge in [0.25, 0.3) is 10.0 Å². The Morgan fingerprint density at radius 1 is 1.12 bits per heavy atom. The van der Waals surface area contributed by atoms with Crippen molar-refractivity contribution < 1.29 is 18.3 Å². The number of para-hydroxylation sites is 2. The number of anilines is 1. The minimum Gasteiger partial charge on any atom is -0.506 e. The normalized spacial score (nSPS) is 12.0. The zero-order chi connectivity index (χ0) is 18.0. The molecule has 0 spiro atoms. The number of nitrogens with one attached hydrogen (secondary N) is 1. The SMILES string of the molecule is CCOc1ccc(S(=O)(=O)Nc2ccccc2O)cc1C(C)(C)C. The van der Waals surface area contributed by atoms with E-state index in [-0.39, 0.29) is 21.7 Å². The molecule has 0 saturated heterocycles. The molecule has 0 atom stereocenters. The molecule has 0 fully saturated rings. The lowest BCUT2D eigenvalue weighted by molar-refractivity contribution is 0.329. The number of benzene rings is 2. The van der Waals surface area contributed by atoms with Crippen LogP contribution in [0.15, 0.2) is 47.4 Å². The van der Waals surface area contributed by atoms with Crippen LogP contribution in [0.1, 0.15) is 33.3 Å².